The lowest BCUT2D eigenvalue weighted by atomic mass is 9.98. The molecule has 0 radical (unpaired) electrons. The Kier molecular flexibility index (Phi) is 4.35. The second-order valence-electron chi connectivity index (χ2n) is 4.47. The standard InChI is InChI=1S/C16H16FNO2/c1-2-11-5-3-4-6-14(11)15(16(19)20)18-13-9-7-12(17)8-10-13/h3-10,15,18H,2H2,1H3,(H,19,20). The molecule has 0 fully saturated rings. The first-order valence-electron chi connectivity index (χ1n) is 6.44. The van der Waals surface area contributed by atoms with Gasteiger partial charge in [0.1, 0.15) is 5.82 Å². The van der Waals surface area contributed by atoms with Crippen LogP contribution in [0.5, 0.6) is 0 Å². The molecule has 0 aromatic heterocycles. The molecule has 0 bridgehead atoms. The summed E-state index contributed by atoms with van der Waals surface area (Å²) in [6.45, 7) is 1.98. The Balaban J connectivity index is 2.32. The highest BCUT2D eigenvalue weighted by molar-refractivity contribution is 5.79. The Morgan fingerprint density at radius 1 is 1.20 bits per heavy atom. The molecular formula is C16H16FNO2. The van der Waals surface area contributed by atoms with E-state index in [1.165, 1.54) is 24.3 Å². The minimum absolute atomic E-state index is 0.351. The number of aryl methyl sites for hydroxylation is 1. The van der Waals surface area contributed by atoms with Crippen molar-refractivity contribution < 1.29 is 14.3 Å². The molecule has 0 aliphatic carbocycles. The number of benzene rings is 2. The third-order valence-electron chi connectivity index (χ3n) is 3.15. The van der Waals surface area contributed by atoms with Crippen molar-refractivity contribution in [2.75, 3.05) is 5.32 Å². The van der Waals surface area contributed by atoms with Gasteiger partial charge in [0.2, 0.25) is 0 Å². The summed E-state index contributed by atoms with van der Waals surface area (Å²) in [5.74, 6) is -1.31. The van der Waals surface area contributed by atoms with E-state index in [-0.39, 0.29) is 5.82 Å². The van der Waals surface area contributed by atoms with E-state index in [0.717, 1.165) is 17.5 Å². The Morgan fingerprint density at radius 3 is 2.45 bits per heavy atom. The SMILES string of the molecule is CCc1ccccc1C(Nc1ccc(F)cc1)C(=O)O. The van der Waals surface area contributed by atoms with Gasteiger partial charge in [0.25, 0.3) is 0 Å². The summed E-state index contributed by atoms with van der Waals surface area (Å²) in [5.41, 5.74) is 2.28. The fourth-order valence-corrected chi connectivity index (χ4v) is 2.12. The third kappa shape index (κ3) is 3.15. The van der Waals surface area contributed by atoms with Gasteiger partial charge in [-0.05, 0) is 41.8 Å². The molecule has 3 nitrogen and oxygen atoms in total. The van der Waals surface area contributed by atoms with Gasteiger partial charge in [-0.15, -0.1) is 0 Å². The van der Waals surface area contributed by atoms with E-state index in [1.54, 1.807) is 6.07 Å². The van der Waals surface area contributed by atoms with E-state index >= 15 is 0 Å². The molecule has 4 heteroatoms. The predicted molar refractivity (Wildman–Crippen MR) is 76.2 cm³/mol. The van der Waals surface area contributed by atoms with Crippen molar-refractivity contribution in [3.8, 4) is 0 Å². The monoisotopic (exact) mass is 273 g/mol. The van der Waals surface area contributed by atoms with Gasteiger partial charge in [-0.25, -0.2) is 9.18 Å². The zero-order valence-electron chi connectivity index (χ0n) is 11.1. The summed E-state index contributed by atoms with van der Waals surface area (Å²) in [4.78, 5) is 11.5. The maximum Gasteiger partial charge on any atom is 0.330 e. The number of aliphatic carboxylic acids is 1. The van der Waals surface area contributed by atoms with Gasteiger partial charge in [-0.1, -0.05) is 31.2 Å². The highest BCUT2D eigenvalue weighted by Gasteiger charge is 2.21. The summed E-state index contributed by atoms with van der Waals surface area (Å²) < 4.78 is 12.9. The van der Waals surface area contributed by atoms with Gasteiger partial charge >= 0.3 is 5.97 Å². The average Bonchev–Trinajstić information content (AvgIpc) is 2.46. The van der Waals surface area contributed by atoms with Gasteiger partial charge in [-0.2, -0.15) is 0 Å². The van der Waals surface area contributed by atoms with Gasteiger partial charge in [-0.3, -0.25) is 0 Å². The largest absolute Gasteiger partial charge is 0.479 e. The Hall–Kier alpha value is -2.36. The lowest BCUT2D eigenvalue weighted by molar-refractivity contribution is -0.138. The number of carbonyl (C=O) groups is 1. The summed E-state index contributed by atoms with van der Waals surface area (Å²) in [7, 11) is 0. The zero-order valence-corrected chi connectivity index (χ0v) is 11.1. The lowest BCUT2D eigenvalue weighted by Crippen LogP contribution is -2.21. The Labute approximate surface area is 117 Å². The van der Waals surface area contributed by atoms with E-state index < -0.39 is 12.0 Å². The highest BCUT2D eigenvalue weighted by atomic mass is 19.1. The molecule has 0 saturated heterocycles. The topological polar surface area (TPSA) is 49.3 Å². The Morgan fingerprint density at radius 2 is 1.85 bits per heavy atom. The van der Waals surface area contributed by atoms with Gasteiger partial charge < -0.3 is 10.4 Å². The van der Waals surface area contributed by atoms with E-state index in [0.29, 0.717) is 5.69 Å². The second-order valence-corrected chi connectivity index (χ2v) is 4.47. The van der Waals surface area contributed by atoms with E-state index in [9.17, 15) is 14.3 Å². The van der Waals surface area contributed by atoms with E-state index in [1.807, 2.05) is 25.1 Å². The number of hydrogen-bond donors (Lipinski definition) is 2. The molecule has 2 rings (SSSR count). The van der Waals surface area contributed by atoms with Crippen LogP contribution in [0.4, 0.5) is 10.1 Å². The maximum atomic E-state index is 12.9. The van der Waals surface area contributed by atoms with Crippen LogP contribution in [0.2, 0.25) is 0 Å². The molecule has 0 saturated carbocycles. The number of anilines is 1. The van der Waals surface area contributed by atoms with Crippen LogP contribution in [0.25, 0.3) is 0 Å². The van der Waals surface area contributed by atoms with Crippen molar-refractivity contribution in [2.45, 2.75) is 19.4 Å². The molecule has 0 heterocycles. The van der Waals surface area contributed by atoms with Crippen LogP contribution < -0.4 is 5.32 Å². The number of halogens is 1. The highest BCUT2D eigenvalue weighted by Crippen LogP contribution is 2.23. The lowest BCUT2D eigenvalue weighted by Gasteiger charge is -2.19. The number of nitrogens with one attached hydrogen (secondary N) is 1. The first-order chi connectivity index (χ1) is 9.61. The van der Waals surface area contributed by atoms with Crippen molar-refractivity contribution in [3.05, 3.63) is 65.5 Å². The van der Waals surface area contributed by atoms with Crippen LogP contribution in [-0.2, 0) is 11.2 Å². The van der Waals surface area contributed by atoms with E-state index in [4.69, 9.17) is 0 Å². The summed E-state index contributed by atoms with van der Waals surface area (Å²) >= 11 is 0. The fourth-order valence-electron chi connectivity index (χ4n) is 2.12. The molecular weight excluding hydrogens is 257 g/mol. The third-order valence-corrected chi connectivity index (χ3v) is 3.15. The first-order valence-corrected chi connectivity index (χ1v) is 6.44. The van der Waals surface area contributed by atoms with Crippen molar-refractivity contribution in [1.82, 2.24) is 0 Å². The van der Waals surface area contributed by atoms with Crippen LogP contribution in [0.15, 0.2) is 48.5 Å². The number of carboxylic acids is 1. The smallest absolute Gasteiger partial charge is 0.330 e. The minimum Gasteiger partial charge on any atom is -0.479 e. The molecule has 1 unspecified atom stereocenters. The Bertz CT molecular complexity index is 596. The van der Waals surface area contributed by atoms with Gasteiger partial charge in [0.15, 0.2) is 6.04 Å². The van der Waals surface area contributed by atoms with Crippen LogP contribution in [0.1, 0.15) is 24.1 Å². The molecule has 20 heavy (non-hydrogen) atoms. The quantitative estimate of drug-likeness (QED) is 0.874. The van der Waals surface area contributed by atoms with Crippen molar-refractivity contribution >= 4 is 11.7 Å². The second kappa shape index (κ2) is 6.19. The normalized spacial score (nSPS) is 11.9. The molecule has 1 atom stereocenters. The van der Waals surface area contributed by atoms with Crippen molar-refractivity contribution in [2.24, 2.45) is 0 Å². The van der Waals surface area contributed by atoms with Crippen LogP contribution >= 0.6 is 0 Å². The summed E-state index contributed by atoms with van der Waals surface area (Å²) in [6.07, 6.45) is 0.755. The van der Waals surface area contributed by atoms with Crippen LogP contribution in [0, 0.1) is 5.82 Å². The first kappa shape index (κ1) is 14.1. The number of hydrogen-bond acceptors (Lipinski definition) is 2. The molecule has 0 aliphatic heterocycles. The molecule has 0 amide bonds. The molecule has 104 valence electrons. The predicted octanol–water partition coefficient (Wildman–Crippen LogP) is 3.63. The number of rotatable bonds is 5. The summed E-state index contributed by atoms with van der Waals surface area (Å²) in [6, 6.07) is 12.2. The molecule has 0 spiro atoms. The maximum absolute atomic E-state index is 12.9. The fraction of sp³-hybridized carbons (Fsp3) is 0.188. The van der Waals surface area contributed by atoms with Crippen LogP contribution in [0.3, 0.4) is 0 Å². The van der Waals surface area contributed by atoms with Gasteiger partial charge in [0.05, 0.1) is 0 Å². The van der Waals surface area contributed by atoms with E-state index in [2.05, 4.69) is 5.32 Å². The van der Waals surface area contributed by atoms with Crippen molar-refractivity contribution in [3.63, 3.8) is 0 Å². The zero-order chi connectivity index (χ0) is 14.5. The molecule has 2 aromatic rings. The average molecular weight is 273 g/mol. The number of carboxylic acid groups (broad SMARTS) is 1. The van der Waals surface area contributed by atoms with Gasteiger partial charge in [0, 0.05) is 5.69 Å². The minimum atomic E-state index is -0.963. The summed E-state index contributed by atoms with van der Waals surface area (Å²) in [5, 5.41) is 12.4. The van der Waals surface area contributed by atoms with Crippen molar-refractivity contribution in [1.29, 1.82) is 0 Å². The molecule has 2 aromatic carbocycles. The molecule has 0 aliphatic rings. The molecule has 2 N–H and O–H groups in total. The van der Waals surface area contributed by atoms with Crippen LogP contribution in [-0.4, -0.2) is 11.1 Å².